The van der Waals surface area contributed by atoms with Crippen molar-refractivity contribution in [2.24, 2.45) is 0 Å². The molecule has 0 bridgehead atoms. The van der Waals surface area contributed by atoms with Gasteiger partial charge in [0.05, 0.1) is 31.4 Å². The predicted molar refractivity (Wildman–Crippen MR) is 113 cm³/mol. The van der Waals surface area contributed by atoms with Crippen molar-refractivity contribution in [2.45, 2.75) is 33.2 Å². The summed E-state index contributed by atoms with van der Waals surface area (Å²) in [6.45, 7) is 3.96. The highest BCUT2D eigenvalue weighted by atomic mass is 16.5. The van der Waals surface area contributed by atoms with Crippen LogP contribution in [0.25, 0.3) is 10.9 Å². The van der Waals surface area contributed by atoms with Crippen LogP contribution >= 0.6 is 0 Å². The minimum Gasteiger partial charge on any atom is -0.493 e. The summed E-state index contributed by atoms with van der Waals surface area (Å²) >= 11 is 0. The molecule has 1 amide bonds. The van der Waals surface area contributed by atoms with E-state index in [9.17, 15) is 9.59 Å². The second kappa shape index (κ2) is 8.77. The van der Waals surface area contributed by atoms with E-state index in [4.69, 9.17) is 9.47 Å². The summed E-state index contributed by atoms with van der Waals surface area (Å²) in [5.74, 6) is 0.653. The first-order valence-electron chi connectivity index (χ1n) is 9.54. The van der Waals surface area contributed by atoms with Gasteiger partial charge in [0.15, 0.2) is 11.5 Å². The average Bonchev–Trinajstić information content (AvgIpc) is 2.75. The fourth-order valence-corrected chi connectivity index (χ4v) is 3.33. The van der Waals surface area contributed by atoms with Crippen LogP contribution in [0.1, 0.15) is 25.0 Å². The number of carbonyl (C=O) groups excluding carboxylic acids is 1. The third-order valence-corrected chi connectivity index (χ3v) is 4.91. The standard InChI is InChI=1S/C22H25N3O4/c1-5-14-8-7-9-15(6-2)21(14)24-20(26)12-25-13-23-17-11-19(29-4)18(28-3)10-16(17)22(25)27/h7-11,13H,5-6,12H2,1-4H3,(H,24,26). The molecular weight excluding hydrogens is 370 g/mol. The molecule has 0 fully saturated rings. The van der Waals surface area contributed by atoms with Crippen LogP contribution in [0.2, 0.25) is 0 Å². The van der Waals surface area contributed by atoms with Crippen molar-refractivity contribution in [3.63, 3.8) is 0 Å². The van der Waals surface area contributed by atoms with Gasteiger partial charge >= 0.3 is 0 Å². The van der Waals surface area contributed by atoms with E-state index in [-0.39, 0.29) is 18.0 Å². The minimum absolute atomic E-state index is 0.128. The highest BCUT2D eigenvalue weighted by Gasteiger charge is 2.14. The SMILES string of the molecule is CCc1cccc(CC)c1NC(=O)Cn1cnc2cc(OC)c(OC)cc2c1=O. The van der Waals surface area contributed by atoms with Gasteiger partial charge in [-0.3, -0.25) is 14.2 Å². The lowest BCUT2D eigenvalue weighted by molar-refractivity contribution is -0.116. The zero-order valence-corrected chi connectivity index (χ0v) is 17.1. The maximum Gasteiger partial charge on any atom is 0.261 e. The monoisotopic (exact) mass is 395 g/mol. The van der Waals surface area contributed by atoms with Gasteiger partial charge < -0.3 is 14.8 Å². The van der Waals surface area contributed by atoms with Gasteiger partial charge in [0, 0.05) is 11.8 Å². The summed E-state index contributed by atoms with van der Waals surface area (Å²) in [6.07, 6.45) is 2.99. The molecule has 0 aliphatic heterocycles. The van der Waals surface area contributed by atoms with E-state index >= 15 is 0 Å². The van der Waals surface area contributed by atoms with Crippen LogP contribution < -0.4 is 20.3 Å². The molecule has 152 valence electrons. The summed E-state index contributed by atoms with van der Waals surface area (Å²) in [5, 5.41) is 3.34. The molecular formula is C22H25N3O4. The summed E-state index contributed by atoms with van der Waals surface area (Å²) in [6, 6.07) is 9.22. The van der Waals surface area contributed by atoms with Gasteiger partial charge in [-0.1, -0.05) is 32.0 Å². The first kappa shape index (κ1) is 20.4. The van der Waals surface area contributed by atoms with Crippen LogP contribution in [0.4, 0.5) is 5.69 Å². The fourth-order valence-electron chi connectivity index (χ4n) is 3.33. The Hall–Kier alpha value is -3.35. The number of nitrogens with one attached hydrogen (secondary N) is 1. The van der Waals surface area contributed by atoms with Gasteiger partial charge in [0.2, 0.25) is 5.91 Å². The van der Waals surface area contributed by atoms with Gasteiger partial charge in [-0.25, -0.2) is 4.98 Å². The van der Waals surface area contributed by atoms with Crippen LogP contribution in [0, 0.1) is 0 Å². The van der Waals surface area contributed by atoms with Gasteiger partial charge in [-0.2, -0.15) is 0 Å². The molecule has 0 aliphatic carbocycles. The number of rotatable bonds is 7. The average molecular weight is 395 g/mol. The fraction of sp³-hybridized carbons (Fsp3) is 0.318. The Kier molecular flexibility index (Phi) is 6.16. The second-order valence-electron chi connectivity index (χ2n) is 6.61. The van der Waals surface area contributed by atoms with Crippen molar-refractivity contribution in [2.75, 3.05) is 19.5 Å². The van der Waals surface area contributed by atoms with E-state index in [1.807, 2.05) is 32.0 Å². The Morgan fingerprint density at radius 2 is 1.69 bits per heavy atom. The third-order valence-electron chi connectivity index (χ3n) is 4.91. The molecule has 0 unspecified atom stereocenters. The minimum atomic E-state index is -0.314. The molecule has 0 saturated carbocycles. The van der Waals surface area contributed by atoms with Crippen LogP contribution in [0.15, 0.2) is 41.5 Å². The molecule has 3 aromatic rings. The van der Waals surface area contributed by atoms with E-state index in [2.05, 4.69) is 10.3 Å². The van der Waals surface area contributed by atoms with Gasteiger partial charge in [-0.15, -0.1) is 0 Å². The molecule has 7 nitrogen and oxygen atoms in total. The highest BCUT2D eigenvalue weighted by molar-refractivity contribution is 5.92. The zero-order valence-electron chi connectivity index (χ0n) is 17.1. The molecule has 1 aromatic heterocycles. The normalized spacial score (nSPS) is 10.8. The maximum atomic E-state index is 12.9. The first-order valence-corrected chi connectivity index (χ1v) is 9.54. The largest absolute Gasteiger partial charge is 0.493 e. The molecule has 0 atom stereocenters. The number of nitrogens with zero attached hydrogens (tertiary/aromatic N) is 2. The van der Waals surface area contributed by atoms with E-state index in [1.165, 1.54) is 25.1 Å². The number of aryl methyl sites for hydroxylation is 2. The third kappa shape index (κ3) is 4.08. The summed E-state index contributed by atoms with van der Waals surface area (Å²) in [4.78, 5) is 29.9. The van der Waals surface area contributed by atoms with Crippen LogP contribution in [-0.4, -0.2) is 29.7 Å². The molecule has 7 heteroatoms. The molecule has 29 heavy (non-hydrogen) atoms. The topological polar surface area (TPSA) is 82.5 Å². The number of benzene rings is 2. The van der Waals surface area contributed by atoms with E-state index in [0.717, 1.165) is 29.7 Å². The molecule has 2 aromatic carbocycles. The Labute approximate surface area is 169 Å². The van der Waals surface area contributed by atoms with E-state index in [1.54, 1.807) is 12.1 Å². The van der Waals surface area contributed by atoms with E-state index in [0.29, 0.717) is 22.4 Å². The number of aromatic nitrogens is 2. The molecule has 0 saturated heterocycles. The number of hydrogen-bond acceptors (Lipinski definition) is 5. The lowest BCUT2D eigenvalue weighted by Gasteiger charge is -2.15. The Bertz CT molecular complexity index is 1080. The summed E-state index contributed by atoms with van der Waals surface area (Å²) in [5.41, 5.74) is 3.13. The summed E-state index contributed by atoms with van der Waals surface area (Å²) < 4.78 is 11.8. The van der Waals surface area contributed by atoms with Gasteiger partial charge in [0.25, 0.3) is 5.56 Å². The molecule has 1 N–H and O–H groups in total. The number of ether oxygens (including phenoxy) is 2. The smallest absolute Gasteiger partial charge is 0.261 e. The van der Waals surface area contributed by atoms with Crippen molar-refractivity contribution in [3.05, 3.63) is 58.1 Å². The molecule has 0 spiro atoms. The number of para-hydroxylation sites is 1. The number of methoxy groups -OCH3 is 2. The van der Waals surface area contributed by atoms with Gasteiger partial charge in [-0.05, 0) is 30.0 Å². The van der Waals surface area contributed by atoms with Crippen LogP contribution in [-0.2, 0) is 24.2 Å². The summed E-state index contributed by atoms with van der Waals surface area (Å²) in [7, 11) is 3.02. The van der Waals surface area contributed by atoms with Crippen molar-refractivity contribution in [3.8, 4) is 11.5 Å². The number of hydrogen-bond donors (Lipinski definition) is 1. The second-order valence-corrected chi connectivity index (χ2v) is 6.61. The molecule has 3 rings (SSSR count). The molecule has 0 radical (unpaired) electrons. The number of anilines is 1. The maximum absolute atomic E-state index is 12.9. The lowest BCUT2D eigenvalue weighted by atomic mass is 10.0. The van der Waals surface area contributed by atoms with Crippen LogP contribution in [0.3, 0.4) is 0 Å². The predicted octanol–water partition coefficient (Wildman–Crippen LogP) is 3.18. The van der Waals surface area contributed by atoms with Crippen molar-refractivity contribution < 1.29 is 14.3 Å². The first-order chi connectivity index (χ1) is 14.0. The zero-order chi connectivity index (χ0) is 21.0. The number of fused-ring (bicyclic) bond motifs is 1. The number of amides is 1. The highest BCUT2D eigenvalue weighted by Crippen LogP contribution is 2.29. The lowest BCUT2D eigenvalue weighted by Crippen LogP contribution is -2.28. The molecule has 1 heterocycles. The van der Waals surface area contributed by atoms with Crippen molar-refractivity contribution in [1.29, 1.82) is 0 Å². The Morgan fingerprint density at radius 3 is 2.28 bits per heavy atom. The number of carbonyl (C=O) groups is 1. The van der Waals surface area contributed by atoms with Gasteiger partial charge in [0.1, 0.15) is 6.54 Å². The Balaban J connectivity index is 1.92. The molecule has 0 aliphatic rings. The Morgan fingerprint density at radius 1 is 1.07 bits per heavy atom. The van der Waals surface area contributed by atoms with Crippen LogP contribution in [0.5, 0.6) is 11.5 Å². The quantitative estimate of drug-likeness (QED) is 0.664. The van der Waals surface area contributed by atoms with Crippen molar-refractivity contribution >= 4 is 22.5 Å². The van der Waals surface area contributed by atoms with E-state index < -0.39 is 0 Å². The van der Waals surface area contributed by atoms with Crippen molar-refractivity contribution in [1.82, 2.24) is 9.55 Å².